The minimum Gasteiger partial charge on any atom is -0.371 e. The number of carbonyl (C=O) groups is 1. The summed E-state index contributed by atoms with van der Waals surface area (Å²) in [4.78, 5) is 12.1. The number of nitrogens with one attached hydrogen (secondary N) is 1. The van der Waals surface area contributed by atoms with Gasteiger partial charge in [0.25, 0.3) is 0 Å². The quantitative estimate of drug-likeness (QED) is 0.787. The third kappa shape index (κ3) is 3.09. The molecule has 2 rings (SSSR count). The van der Waals surface area contributed by atoms with Gasteiger partial charge in [-0.1, -0.05) is 0 Å². The third-order valence-electron chi connectivity index (χ3n) is 3.65. The molecule has 2 bridgehead atoms. The van der Waals surface area contributed by atoms with Crippen molar-refractivity contribution < 1.29 is 17.9 Å². The zero-order valence-electron chi connectivity index (χ0n) is 11.6. The van der Waals surface area contributed by atoms with Crippen molar-refractivity contribution in [2.75, 3.05) is 18.8 Å². The lowest BCUT2D eigenvalue weighted by atomic mass is 9.99. The zero-order valence-corrected chi connectivity index (χ0v) is 12.4. The van der Waals surface area contributed by atoms with Crippen molar-refractivity contribution in [1.29, 1.82) is 0 Å². The van der Waals surface area contributed by atoms with Crippen LogP contribution in [0.3, 0.4) is 0 Å². The van der Waals surface area contributed by atoms with Gasteiger partial charge in [-0.15, -0.1) is 0 Å². The van der Waals surface area contributed by atoms with E-state index in [1.165, 1.54) is 4.31 Å². The minimum atomic E-state index is -3.20. The Kier molecular flexibility index (Phi) is 4.17. The van der Waals surface area contributed by atoms with Crippen molar-refractivity contribution in [3.63, 3.8) is 0 Å². The number of amides is 1. The summed E-state index contributed by atoms with van der Waals surface area (Å²) >= 11 is 0. The molecule has 0 unspecified atom stereocenters. The summed E-state index contributed by atoms with van der Waals surface area (Å²) in [7, 11) is -3.20. The maximum atomic E-state index is 12.1. The summed E-state index contributed by atoms with van der Waals surface area (Å²) in [6.07, 6.45) is 0.153. The van der Waals surface area contributed by atoms with E-state index in [1.807, 2.05) is 13.8 Å². The summed E-state index contributed by atoms with van der Waals surface area (Å²) in [5.41, 5.74) is 0. The third-order valence-corrected chi connectivity index (χ3v) is 5.46. The highest BCUT2D eigenvalue weighted by molar-refractivity contribution is 7.89. The first kappa shape index (κ1) is 14.7. The van der Waals surface area contributed by atoms with Gasteiger partial charge < -0.3 is 10.1 Å². The Morgan fingerprint density at radius 2 is 2.11 bits per heavy atom. The lowest BCUT2D eigenvalue weighted by Crippen LogP contribution is -2.48. The highest BCUT2D eigenvalue weighted by Gasteiger charge is 2.46. The number of ether oxygens (including phenoxy) is 1. The summed E-state index contributed by atoms with van der Waals surface area (Å²) in [6, 6.07) is 0.0865. The van der Waals surface area contributed by atoms with E-state index < -0.39 is 10.0 Å². The van der Waals surface area contributed by atoms with E-state index in [4.69, 9.17) is 4.74 Å². The van der Waals surface area contributed by atoms with Gasteiger partial charge in [0, 0.05) is 19.1 Å². The summed E-state index contributed by atoms with van der Waals surface area (Å²) < 4.78 is 31.0. The molecule has 0 spiro atoms. The Hall–Kier alpha value is -0.660. The molecule has 6 nitrogen and oxygen atoms in total. The van der Waals surface area contributed by atoms with Crippen molar-refractivity contribution >= 4 is 15.9 Å². The van der Waals surface area contributed by atoms with Crippen LogP contribution in [0.25, 0.3) is 0 Å². The molecule has 2 saturated heterocycles. The van der Waals surface area contributed by atoms with E-state index in [1.54, 1.807) is 6.92 Å². The summed E-state index contributed by atoms with van der Waals surface area (Å²) in [5, 5.41) is 2.88. The van der Waals surface area contributed by atoms with Crippen LogP contribution in [0, 0.1) is 5.92 Å². The van der Waals surface area contributed by atoms with E-state index >= 15 is 0 Å². The first-order valence-corrected chi connectivity index (χ1v) is 8.38. The van der Waals surface area contributed by atoms with Crippen molar-refractivity contribution in [1.82, 2.24) is 9.62 Å². The minimum absolute atomic E-state index is 0.0294. The first-order valence-electron chi connectivity index (χ1n) is 6.77. The van der Waals surface area contributed by atoms with Gasteiger partial charge in [-0.05, 0) is 27.2 Å². The Labute approximate surface area is 114 Å². The second-order valence-electron chi connectivity index (χ2n) is 5.52. The van der Waals surface area contributed by atoms with Crippen LogP contribution in [-0.4, -0.2) is 55.7 Å². The highest BCUT2D eigenvalue weighted by Crippen LogP contribution is 2.33. The lowest BCUT2D eigenvalue weighted by molar-refractivity contribution is -0.127. The highest BCUT2D eigenvalue weighted by atomic mass is 32.2. The molecule has 1 amide bonds. The number of fused-ring (bicyclic) bond motifs is 2. The van der Waals surface area contributed by atoms with E-state index in [-0.39, 0.29) is 35.8 Å². The molecule has 2 heterocycles. The van der Waals surface area contributed by atoms with Gasteiger partial charge in [-0.25, -0.2) is 8.42 Å². The SMILES string of the molecule is CCS(=O)(=O)N1C[C@@H]2C[C@@H](C(=O)NC(C)C)[C@H](C1)O2. The number of hydrogen-bond acceptors (Lipinski definition) is 4. The number of morpholine rings is 1. The molecule has 110 valence electrons. The Morgan fingerprint density at radius 3 is 2.68 bits per heavy atom. The molecule has 2 fully saturated rings. The van der Waals surface area contributed by atoms with Crippen LogP contribution < -0.4 is 5.32 Å². The molecule has 3 atom stereocenters. The van der Waals surface area contributed by atoms with Gasteiger partial charge in [0.15, 0.2) is 0 Å². The van der Waals surface area contributed by atoms with Crippen LogP contribution in [0.2, 0.25) is 0 Å². The fourth-order valence-corrected chi connectivity index (χ4v) is 3.83. The number of nitrogens with zero attached hydrogens (tertiary/aromatic N) is 1. The normalized spacial score (nSPS) is 31.7. The molecule has 0 aromatic carbocycles. The Morgan fingerprint density at radius 1 is 1.42 bits per heavy atom. The molecule has 1 N–H and O–H groups in total. The molecule has 2 aliphatic heterocycles. The summed E-state index contributed by atoms with van der Waals surface area (Å²) in [5.74, 6) is -0.169. The number of carbonyl (C=O) groups excluding carboxylic acids is 1. The summed E-state index contributed by atoms with van der Waals surface area (Å²) in [6.45, 7) is 6.12. The smallest absolute Gasteiger partial charge is 0.226 e. The van der Waals surface area contributed by atoms with Crippen LogP contribution in [-0.2, 0) is 19.6 Å². The molecule has 2 aliphatic rings. The van der Waals surface area contributed by atoms with Crippen molar-refractivity contribution in [2.24, 2.45) is 5.92 Å². The monoisotopic (exact) mass is 290 g/mol. The standard InChI is InChI=1S/C12H22N2O4S/c1-4-19(16,17)14-6-9-5-10(11(7-14)18-9)12(15)13-8(2)3/h8-11H,4-7H2,1-3H3,(H,13,15)/t9-,10+,11-/m0/s1. The topological polar surface area (TPSA) is 75.7 Å². The van der Waals surface area contributed by atoms with Crippen LogP contribution in [0.15, 0.2) is 0 Å². The maximum Gasteiger partial charge on any atom is 0.226 e. The predicted octanol–water partition coefficient (Wildman–Crippen LogP) is -0.0500. The lowest BCUT2D eigenvalue weighted by Gasteiger charge is -2.31. The van der Waals surface area contributed by atoms with Gasteiger partial charge >= 0.3 is 0 Å². The van der Waals surface area contributed by atoms with Crippen LogP contribution in [0.4, 0.5) is 0 Å². The number of hydrogen-bond donors (Lipinski definition) is 1. The van der Waals surface area contributed by atoms with Crippen LogP contribution >= 0.6 is 0 Å². The molecule has 0 aromatic rings. The molecule has 0 saturated carbocycles. The Balaban J connectivity index is 2.06. The zero-order chi connectivity index (χ0) is 14.2. The van der Waals surface area contributed by atoms with Gasteiger partial charge in [0.2, 0.25) is 15.9 Å². The van der Waals surface area contributed by atoms with Crippen molar-refractivity contribution in [3.05, 3.63) is 0 Å². The van der Waals surface area contributed by atoms with Crippen molar-refractivity contribution in [3.8, 4) is 0 Å². The largest absolute Gasteiger partial charge is 0.371 e. The second-order valence-corrected chi connectivity index (χ2v) is 7.78. The molecular weight excluding hydrogens is 268 g/mol. The van der Waals surface area contributed by atoms with Crippen molar-refractivity contribution in [2.45, 2.75) is 45.4 Å². The van der Waals surface area contributed by atoms with E-state index in [9.17, 15) is 13.2 Å². The molecule has 7 heteroatoms. The first-order chi connectivity index (χ1) is 8.83. The van der Waals surface area contributed by atoms with E-state index in [0.717, 1.165) is 0 Å². The van der Waals surface area contributed by atoms with Crippen LogP contribution in [0.5, 0.6) is 0 Å². The maximum absolute atomic E-state index is 12.1. The van der Waals surface area contributed by atoms with Crippen LogP contribution in [0.1, 0.15) is 27.2 Å². The molecule has 0 aromatic heterocycles. The molecule has 0 aliphatic carbocycles. The molecule has 0 radical (unpaired) electrons. The number of sulfonamides is 1. The average molecular weight is 290 g/mol. The van der Waals surface area contributed by atoms with Gasteiger partial charge in [-0.2, -0.15) is 4.31 Å². The van der Waals surface area contributed by atoms with Gasteiger partial charge in [-0.3, -0.25) is 4.79 Å². The predicted molar refractivity (Wildman–Crippen MR) is 71.1 cm³/mol. The molecule has 19 heavy (non-hydrogen) atoms. The van der Waals surface area contributed by atoms with E-state index in [0.29, 0.717) is 19.5 Å². The Bertz CT molecular complexity index is 449. The second kappa shape index (κ2) is 5.38. The molecular formula is C12H22N2O4S. The average Bonchev–Trinajstić information content (AvgIpc) is 2.63. The van der Waals surface area contributed by atoms with Gasteiger partial charge in [0.05, 0.1) is 23.9 Å². The van der Waals surface area contributed by atoms with Gasteiger partial charge in [0.1, 0.15) is 0 Å². The fourth-order valence-electron chi connectivity index (χ4n) is 2.70. The fraction of sp³-hybridized carbons (Fsp3) is 0.917. The number of rotatable bonds is 4. The van der Waals surface area contributed by atoms with E-state index in [2.05, 4.69) is 5.32 Å².